The fourth-order valence-electron chi connectivity index (χ4n) is 6.60. The Balaban J connectivity index is 1.81. The second kappa shape index (κ2) is 23.3. The van der Waals surface area contributed by atoms with E-state index in [9.17, 15) is 24.0 Å². The summed E-state index contributed by atoms with van der Waals surface area (Å²) in [5.74, 6) is -1.63. The molecule has 15 heteroatoms. The second-order valence-electron chi connectivity index (χ2n) is 17.0. The molecule has 0 unspecified atom stereocenters. The van der Waals surface area contributed by atoms with E-state index in [4.69, 9.17) is 4.74 Å². The topological polar surface area (TPSA) is 200 Å². The number of hydrogen-bond donors (Lipinski definition) is 6. The minimum atomic E-state index is -1.04. The molecule has 0 fully saturated rings. The molecular weight excluding hydrogens is 751 g/mol. The summed E-state index contributed by atoms with van der Waals surface area (Å²) in [5, 5.41) is 15.2. The van der Waals surface area contributed by atoms with E-state index in [2.05, 4.69) is 41.5 Å². The first-order valence-electron chi connectivity index (χ1n) is 20.7. The highest BCUT2D eigenvalue weighted by molar-refractivity contribution is 5.92. The number of hydrogen-bond acceptors (Lipinski definition) is 9. The van der Waals surface area contributed by atoms with Crippen LogP contribution >= 0.6 is 0 Å². The monoisotopic (exact) mass is 818 g/mol. The molecule has 0 saturated heterocycles. The molecule has 0 aliphatic heterocycles. The van der Waals surface area contributed by atoms with Crippen LogP contribution in [0.4, 0.5) is 4.79 Å². The summed E-state index contributed by atoms with van der Waals surface area (Å²) in [6.45, 7) is 17.5. The van der Waals surface area contributed by atoms with Crippen LogP contribution in [0.1, 0.15) is 92.1 Å². The summed E-state index contributed by atoms with van der Waals surface area (Å²) in [5.41, 5.74) is 1.37. The molecule has 0 aliphatic carbocycles. The van der Waals surface area contributed by atoms with Gasteiger partial charge in [0.1, 0.15) is 23.7 Å². The molecule has 0 saturated carbocycles. The van der Waals surface area contributed by atoms with E-state index < -0.39 is 53.7 Å². The van der Waals surface area contributed by atoms with Crippen LogP contribution in [0, 0.1) is 17.8 Å². The first kappa shape index (κ1) is 48.1. The molecule has 0 spiro atoms. The number of alkyl carbamates (subject to hydrolysis) is 1. The minimum Gasteiger partial charge on any atom is -0.444 e. The lowest BCUT2D eigenvalue weighted by Gasteiger charge is -2.33. The molecule has 2 aromatic heterocycles. The van der Waals surface area contributed by atoms with E-state index in [1.165, 1.54) is 11.2 Å². The van der Waals surface area contributed by atoms with Crippen LogP contribution in [0.3, 0.4) is 0 Å². The van der Waals surface area contributed by atoms with E-state index in [-0.39, 0.29) is 55.5 Å². The zero-order chi connectivity index (χ0) is 43.7. The summed E-state index contributed by atoms with van der Waals surface area (Å²) < 4.78 is 5.50. The summed E-state index contributed by atoms with van der Waals surface area (Å²) in [4.78, 5) is 81.8. The lowest BCUT2D eigenvalue weighted by molar-refractivity contribution is -0.140. The van der Waals surface area contributed by atoms with Crippen molar-refractivity contribution in [1.29, 1.82) is 0 Å². The molecule has 15 nitrogen and oxygen atoms in total. The van der Waals surface area contributed by atoms with Crippen molar-refractivity contribution in [3.05, 3.63) is 84.2 Å². The third kappa shape index (κ3) is 16.5. The average Bonchev–Trinajstić information content (AvgIpc) is 3.70. The first-order valence-corrected chi connectivity index (χ1v) is 20.7. The number of amides is 5. The summed E-state index contributed by atoms with van der Waals surface area (Å²) in [6, 6.07) is 10.9. The largest absolute Gasteiger partial charge is 0.444 e. The van der Waals surface area contributed by atoms with Crippen molar-refractivity contribution in [2.75, 3.05) is 13.6 Å². The Bertz CT molecular complexity index is 1750. The molecular formula is C44H67N9O6. The fraction of sp³-hybridized carbons (Fsp3) is 0.568. The first-order chi connectivity index (χ1) is 27.9. The zero-order valence-electron chi connectivity index (χ0n) is 36.5. The van der Waals surface area contributed by atoms with Crippen molar-refractivity contribution < 1.29 is 28.7 Å². The van der Waals surface area contributed by atoms with Gasteiger partial charge in [-0.15, -0.1) is 0 Å². The number of nitrogens with one attached hydrogen (secondary N) is 6. The lowest BCUT2D eigenvalue weighted by Crippen LogP contribution is -2.59. The van der Waals surface area contributed by atoms with Gasteiger partial charge in [0.2, 0.25) is 23.6 Å². The molecule has 3 rings (SSSR count). The molecule has 1 aromatic carbocycles. The number of aromatic amines is 1. The van der Waals surface area contributed by atoms with Gasteiger partial charge in [-0.3, -0.25) is 24.2 Å². The Kier molecular flexibility index (Phi) is 19.0. The molecule has 0 bridgehead atoms. The molecule has 59 heavy (non-hydrogen) atoms. The van der Waals surface area contributed by atoms with Crippen LogP contribution in [0.2, 0.25) is 0 Å². The zero-order valence-corrected chi connectivity index (χ0v) is 36.5. The number of aromatic nitrogens is 3. The maximum absolute atomic E-state index is 14.4. The summed E-state index contributed by atoms with van der Waals surface area (Å²) >= 11 is 0. The van der Waals surface area contributed by atoms with Crippen molar-refractivity contribution in [3.8, 4) is 0 Å². The summed E-state index contributed by atoms with van der Waals surface area (Å²) in [6.07, 6.45) is 5.56. The Labute approximate surface area is 350 Å². The number of pyridine rings is 1. The van der Waals surface area contributed by atoms with Crippen LogP contribution in [-0.2, 0) is 43.3 Å². The molecule has 0 radical (unpaired) electrons. The van der Waals surface area contributed by atoms with Gasteiger partial charge in [0.25, 0.3) is 0 Å². The maximum Gasteiger partial charge on any atom is 0.408 e. The number of H-pyrrole nitrogens is 1. The van der Waals surface area contributed by atoms with Crippen LogP contribution in [0.15, 0.2) is 67.3 Å². The van der Waals surface area contributed by atoms with Gasteiger partial charge < -0.3 is 41.2 Å². The highest BCUT2D eigenvalue weighted by Crippen LogP contribution is 2.16. The Morgan fingerprint density at radius 2 is 1.54 bits per heavy atom. The maximum atomic E-state index is 14.4. The average molecular weight is 818 g/mol. The SMILES string of the molecule is CC[C@H](C)[C@H](NC(=O)[C@@H](NC[C@H](CC(C)C)NC(=O)[C@H](Cc1cnc[nH]1)N(C)C(=O)[C@H](Cc1ccccc1)NC(=O)OC(C)(C)C)C(C)C)C(=O)NCc1ccccn1. The Morgan fingerprint density at radius 1 is 0.847 bits per heavy atom. The van der Waals surface area contributed by atoms with Gasteiger partial charge in [-0.25, -0.2) is 9.78 Å². The molecule has 3 aromatic rings. The van der Waals surface area contributed by atoms with Crippen LogP contribution < -0.4 is 26.6 Å². The number of benzene rings is 1. The Hall–Kier alpha value is -5.31. The van der Waals surface area contributed by atoms with E-state index in [1.54, 1.807) is 46.3 Å². The predicted molar refractivity (Wildman–Crippen MR) is 228 cm³/mol. The molecule has 5 amide bonds. The van der Waals surface area contributed by atoms with E-state index >= 15 is 0 Å². The number of ether oxygens (including phenoxy) is 1. The number of rotatable bonds is 22. The van der Waals surface area contributed by atoms with Crippen molar-refractivity contribution in [3.63, 3.8) is 0 Å². The van der Waals surface area contributed by atoms with Gasteiger partial charge >= 0.3 is 6.09 Å². The van der Waals surface area contributed by atoms with Crippen molar-refractivity contribution >= 4 is 29.7 Å². The van der Waals surface area contributed by atoms with Gasteiger partial charge in [-0.1, -0.05) is 84.4 Å². The number of likely N-dealkylation sites (N-methyl/N-ethyl adjacent to an activating group) is 1. The minimum absolute atomic E-state index is 0.122. The smallest absolute Gasteiger partial charge is 0.408 e. The van der Waals surface area contributed by atoms with Crippen molar-refractivity contribution in [1.82, 2.24) is 46.4 Å². The van der Waals surface area contributed by atoms with Gasteiger partial charge in [0.05, 0.1) is 24.6 Å². The van der Waals surface area contributed by atoms with Crippen molar-refractivity contribution in [2.24, 2.45) is 17.8 Å². The molecule has 6 N–H and O–H groups in total. The fourth-order valence-corrected chi connectivity index (χ4v) is 6.60. The third-order valence-corrected chi connectivity index (χ3v) is 9.96. The Morgan fingerprint density at radius 3 is 2.12 bits per heavy atom. The lowest BCUT2D eigenvalue weighted by atomic mass is 9.96. The number of nitrogens with zero attached hydrogens (tertiary/aromatic N) is 3. The molecule has 0 aliphatic rings. The number of carbonyl (C=O) groups is 5. The number of carbonyl (C=O) groups excluding carboxylic acids is 5. The standard InChI is InChI=1S/C44H67N9O6/c1-11-30(6)38(40(55)48-25-32-19-15-16-20-46-32)52-41(56)37(29(4)5)47-26-34(21-28(2)3)50-39(54)36(23-33-24-45-27-49-33)53(10)42(57)35(22-31-17-13-12-14-18-31)51-43(58)59-44(7,8)9/h12-20,24,27-30,34-38,47H,11,21-23,25-26H2,1-10H3,(H,45,49)(H,48,55)(H,50,54)(H,51,58)(H,52,56)/t30-,34-,35-,36-,37-,38-/m0/s1. The van der Waals surface area contributed by atoms with Crippen LogP contribution in [0.25, 0.3) is 0 Å². The molecule has 2 heterocycles. The van der Waals surface area contributed by atoms with Crippen LogP contribution in [0.5, 0.6) is 0 Å². The highest BCUT2D eigenvalue weighted by Gasteiger charge is 2.35. The van der Waals surface area contributed by atoms with Gasteiger partial charge in [-0.2, -0.15) is 0 Å². The van der Waals surface area contributed by atoms with Gasteiger partial charge in [0, 0.05) is 50.6 Å². The quantitative estimate of drug-likeness (QED) is 0.0856. The van der Waals surface area contributed by atoms with E-state index in [0.717, 1.165) is 5.56 Å². The number of imidazole rings is 1. The van der Waals surface area contributed by atoms with Gasteiger partial charge in [0.15, 0.2) is 0 Å². The molecule has 324 valence electrons. The van der Waals surface area contributed by atoms with Crippen molar-refractivity contribution in [2.45, 2.75) is 130 Å². The van der Waals surface area contributed by atoms with E-state index in [0.29, 0.717) is 24.2 Å². The van der Waals surface area contributed by atoms with Crippen LogP contribution in [-0.4, -0.2) is 99.0 Å². The highest BCUT2D eigenvalue weighted by atomic mass is 16.6. The van der Waals surface area contributed by atoms with Gasteiger partial charge in [-0.05, 0) is 62.6 Å². The second-order valence-corrected chi connectivity index (χ2v) is 17.0. The normalized spacial score (nSPS) is 14.6. The summed E-state index contributed by atoms with van der Waals surface area (Å²) in [7, 11) is 1.55. The predicted octanol–water partition coefficient (Wildman–Crippen LogP) is 4.30. The van der Waals surface area contributed by atoms with E-state index in [1.807, 2.05) is 84.0 Å². The molecule has 6 atom stereocenters. The third-order valence-electron chi connectivity index (χ3n) is 9.96.